The topological polar surface area (TPSA) is 49.4 Å². The highest BCUT2D eigenvalue weighted by Gasteiger charge is 2.34. The number of carbonyl (C=O) groups is 2. The first-order valence-corrected chi connectivity index (χ1v) is 10.1. The van der Waals surface area contributed by atoms with E-state index in [2.05, 4.69) is 23.5 Å². The second-order valence-corrected chi connectivity index (χ2v) is 7.93. The number of anilines is 1. The quantitative estimate of drug-likeness (QED) is 0.303. The summed E-state index contributed by atoms with van der Waals surface area (Å²) in [7, 11) is 0. The number of carbonyl (C=O) groups excluding carboxylic acids is 2. The number of hydrogen-bond acceptors (Lipinski definition) is 3. The third kappa shape index (κ3) is 3.04. The van der Waals surface area contributed by atoms with Crippen LogP contribution < -0.4 is 10.2 Å². The summed E-state index contributed by atoms with van der Waals surface area (Å²) in [6.07, 6.45) is 2.54. The minimum absolute atomic E-state index is 0.0652. The lowest BCUT2D eigenvalue weighted by Crippen LogP contribution is -2.54. The van der Waals surface area contributed by atoms with Gasteiger partial charge in [0.25, 0.3) is 11.8 Å². The molecule has 30 heavy (non-hydrogen) atoms. The smallest absolute Gasteiger partial charge is 0.270 e. The maximum Gasteiger partial charge on any atom is 0.270 e. The largest absolute Gasteiger partial charge is 0.298 e. The minimum atomic E-state index is -0.478. The van der Waals surface area contributed by atoms with Crippen LogP contribution in [0.25, 0.3) is 17.2 Å². The normalized spacial score (nSPS) is 16.5. The molecule has 0 bridgehead atoms. The number of nitrogens with zero attached hydrogens (tertiary/aromatic N) is 1. The third-order valence-electron chi connectivity index (χ3n) is 5.53. The number of aryl methyl sites for hydroxylation is 1. The fourth-order valence-electron chi connectivity index (χ4n) is 3.98. The number of fused-ring (bicyclic) bond motifs is 3. The molecule has 4 nitrogen and oxygen atoms in total. The van der Waals surface area contributed by atoms with Gasteiger partial charge < -0.3 is 0 Å². The molecule has 0 atom stereocenters. The average molecular weight is 410 g/mol. The summed E-state index contributed by atoms with van der Waals surface area (Å²) in [5.74, 6) is -0.900. The zero-order valence-corrected chi connectivity index (χ0v) is 17.1. The highest BCUT2D eigenvalue weighted by molar-refractivity contribution is 7.80. The molecule has 1 fully saturated rings. The van der Waals surface area contributed by atoms with E-state index in [1.165, 1.54) is 21.6 Å². The van der Waals surface area contributed by atoms with Gasteiger partial charge in [-0.2, -0.15) is 0 Å². The summed E-state index contributed by atoms with van der Waals surface area (Å²) in [6.45, 7) is 1.97. The van der Waals surface area contributed by atoms with Crippen molar-refractivity contribution in [2.45, 2.75) is 13.3 Å². The van der Waals surface area contributed by atoms with Crippen LogP contribution >= 0.6 is 12.2 Å². The maximum absolute atomic E-state index is 13.2. The monoisotopic (exact) mass is 410 g/mol. The molecule has 3 aromatic rings. The molecule has 2 amide bonds. The second-order valence-electron chi connectivity index (χ2n) is 7.54. The highest BCUT2D eigenvalue weighted by atomic mass is 32.1. The van der Waals surface area contributed by atoms with Crippen LogP contribution in [-0.4, -0.2) is 16.9 Å². The zero-order chi connectivity index (χ0) is 20.8. The van der Waals surface area contributed by atoms with Crippen molar-refractivity contribution in [2.75, 3.05) is 4.90 Å². The minimum Gasteiger partial charge on any atom is -0.298 e. The number of nitrogens with one attached hydrogen (secondary N) is 1. The van der Waals surface area contributed by atoms with Crippen molar-refractivity contribution in [3.8, 4) is 11.1 Å². The van der Waals surface area contributed by atoms with Crippen molar-refractivity contribution in [1.29, 1.82) is 0 Å². The molecule has 0 radical (unpaired) electrons. The Balaban J connectivity index is 1.54. The summed E-state index contributed by atoms with van der Waals surface area (Å²) in [4.78, 5) is 27.1. The van der Waals surface area contributed by atoms with Gasteiger partial charge in [-0.1, -0.05) is 54.1 Å². The fourth-order valence-corrected chi connectivity index (χ4v) is 4.26. The van der Waals surface area contributed by atoms with Crippen LogP contribution in [0, 0.1) is 6.92 Å². The van der Waals surface area contributed by atoms with E-state index in [9.17, 15) is 9.59 Å². The number of rotatable bonds is 2. The van der Waals surface area contributed by atoms with E-state index in [1.807, 2.05) is 55.5 Å². The number of amides is 2. The van der Waals surface area contributed by atoms with Gasteiger partial charge in [0.05, 0.1) is 5.69 Å². The van der Waals surface area contributed by atoms with E-state index in [4.69, 9.17) is 12.2 Å². The van der Waals surface area contributed by atoms with Crippen molar-refractivity contribution in [3.63, 3.8) is 0 Å². The average Bonchev–Trinajstić information content (AvgIpc) is 3.10. The van der Waals surface area contributed by atoms with E-state index in [-0.39, 0.29) is 10.7 Å². The van der Waals surface area contributed by atoms with E-state index in [1.54, 1.807) is 6.08 Å². The second kappa shape index (κ2) is 7.04. The van der Waals surface area contributed by atoms with E-state index in [0.717, 1.165) is 23.1 Å². The van der Waals surface area contributed by atoms with E-state index < -0.39 is 11.8 Å². The standard InChI is InChI=1S/C25H18N2O2S/c1-15-6-10-19(11-7-15)27-24(29)22(23(28)26-25(27)30)13-16-8-9-18-14-17-4-2-3-5-20(17)21(18)12-16/h2-13H,14H2,1H3,(H,26,28,30)/b22-13-. The van der Waals surface area contributed by atoms with Gasteiger partial charge in [-0.25, -0.2) is 0 Å². The lowest BCUT2D eigenvalue weighted by molar-refractivity contribution is -0.122. The van der Waals surface area contributed by atoms with Gasteiger partial charge in [0, 0.05) is 0 Å². The van der Waals surface area contributed by atoms with Crippen molar-refractivity contribution in [1.82, 2.24) is 5.32 Å². The lowest BCUT2D eigenvalue weighted by atomic mass is 10.0. The molecule has 1 aliphatic heterocycles. The molecule has 5 rings (SSSR count). The summed E-state index contributed by atoms with van der Waals surface area (Å²) in [5, 5.41) is 2.73. The van der Waals surface area contributed by atoms with Crippen LogP contribution in [-0.2, 0) is 16.0 Å². The van der Waals surface area contributed by atoms with E-state index >= 15 is 0 Å². The molecule has 3 aromatic carbocycles. The molecular formula is C25H18N2O2S. The fraction of sp³-hybridized carbons (Fsp3) is 0.0800. The van der Waals surface area contributed by atoms with Gasteiger partial charge in [0.2, 0.25) is 0 Å². The molecular weight excluding hydrogens is 392 g/mol. The van der Waals surface area contributed by atoms with Crippen LogP contribution in [0.3, 0.4) is 0 Å². The van der Waals surface area contributed by atoms with Gasteiger partial charge in [-0.3, -0.25) is 19.8 Å². The number of hydrogen-bond donors (Lipinski definition) is 1. The molecule has 5 heteroatoms. The number of thiocarbonyl (C=S) groups is 1. The predicted molar refractivity (Wildman–Crippen MR) is 122 cm³/mol. The van der Waals surface area contributed by atoms with Crippen molar-refractivity contribution < 1.29 is 9.59 Å². The molecule has 1 heterocycles. The van der Waals surface area contributed by atoms with Crippen LogP contribution in [0.4, 0.5) is 5.69 Å². The lowest BCUT2D eigenvalue weighted by Gasteiger charge is -2.29. The predicted octanol–water partition coefficient (Wildman–Crippen LogP) is 4.40. The van der Waals surface area contributed by atoms with Crippen LogP contribution in [0.1, 0.15) is 22.3 Å². The first kappa shape index (κ1) is 18.5. The molecule has 1 saturated heterocycles. The van der Waals surface area contributed by atoms with E-state index in [0.29, 0.717) is 5.69 Å². The Hall–Kier alpha value is -3.57. The molecule has 1 aliphatic carbocycles. The third-order valence-corrected chi connectivity index (χ3v) is 5.81. The van der Waals surface area contributed by atoms with Crippen molar-refractivity contribution >= 4 is 40.9 Å². The Labute approximate surface area is 179 Å². The molecule has 146 valence electrons. The Morgan fingerprint density at radius 2 is 1.67 bits per heavy atom. The van der Waals surface area contributed by atoms with Gasteiger partial charge in [-0.05, 0) is 77.7 Å². The molecule has 0 unspecified atom stereocenters. The summed E-state index contributed by atoms with van der Waals surface area (Å²) < 4.78 is 0. The first-order chi connectivity index (χ1) is 14.5. The molecule has 1 N–H and O–H groups in total. The van der Waals surface area contributed by atoms with Gasteiger partial charge in [0.1, 0.15) is 5.57 Å². The Bertz CT molecular complexity index is 1260. The SMILES string of the molecule is Cc1ccc(N2C(=O)/C(=C\c3ccc4c(c3)-c3ccccc3C4)C(=O)NC2=S)cc1. The summed E-state index contributed by atoms with van der Waals surface area (Å²) in [6, 6.07) is 21.8. The summed E-state index contributed by atoms with van der Waals surface area (Å²) in [5.41, 5.74) is 7.47. The molecule has 0 spiro atoms. The van der Waals surface area contributed by atoms with Crippen LogP contribution in [0.2, 0.25) is 0 Å². The Morgan fingerprint density at radius 3 is 2.47 bits per heavy atom. The van der Waals surface area contributed by atoms with Crippen molar-refractivity contribution in [3.05, 3.63) is 94.6 Å². The Kier molecular flexibility index (Phi) is 4.33. The van der Waals surface area contributed by atoms with Gasteiger partial charge >= 0.3 is 0 Å². The zero-order valence-electron chi connectivity index (χ0n) is 16.3. The van der Waals surface area contributed by atoms with Crippen LogP contribution in [0.5, 0.6) is 0 Å². The van der Waals surface area contributed by atoms with Gasteiger partial charge in [-0.15, -0.1) is 0 Å². The number of benzene rings is 3. The Morgan fingerprint density at radius 1 is 0.933 bits per heavy atom. The molecule has 0 saturated carbocycles. The van der Waals surface area contributed by atoms with Gasteiger partial charge in [0.15, 0.2) is 5.11 Å². The van der Waals surface area contributed by atoms with Crippen LogP contribution in [0.15, 0.2) is 72.3 Å². The first-order valence-electron chi connectivity index (χ1n) is 9.70. The maximum atomic E-state index is 13.2. The molecule has 0 aromatic heterocycles. The molecule has 2 aliphatic rings. The van der Waals surface area contributed by atoms with Crippen molar-refractivity contribution in [2.24, 2.45) is 0 Å². The highest BCUT2D eigenvalue weighted by Crippen LogP contribution is 2.37. The summed E-state index contributed by atoms with van der Waals surface area (Å²) >= 11 is 5.27.